The Kier molecular flexibility index (Phi) is 6.22. The van der Waals surface area contributed by atoms with Gasteiger partial charge in [-0.1, -0.05) is 18.2 Å². The molecular formula is C18H17F5O2. The number of unbranched alkanes of at least 4 members (excludes halogenated alkanes) is 1. The van der Waals surface area contributed by atoms with Crippen LogP contribution < -0.4 is 9.47 Å². The first kappa shape index (κ1) is 19.0. The van der Waals surface area contributed by atoms with Crippen molar-refractivity contribution in [3.63, 3.8) is 0 Å². The number of hydrogen-bond donors (Lipinski definition) is 0. The molecule has 0 N–H and O–H groups in total. The minimum Gasteiger partial charge on any atom is -0.494 e. The Morgan fingerprint density at radius 3 is 1.92 bits per heavy atom. The predicted octanol–water partition coefficient (Wildman–Crippen LogP) is 5.93. The van der Waals surface area contributed by atoms with Crippen LogP contribution in [0.4, 0.5) is 22.0 Å². The van der Waals surface area contributed by atoms with Crippen LogP contribution in [0.1, 0.15) is 24.8 Å². The summed E-state index contributed by atoms with van der Waals surface area (Å²) in [6.07, 6.45) is -8.25. The molecule has 2 nitrogen and oxygen atoms in total. The fourth-order valence-electron chi connectivity index (χ4n) is 2.06. The molecule has 0 aliphatic carbocycles. The van der Waals surface area contributed by atoms with Gasteiger partial charge in [-0.3, -0.25) is 0 Å². The fraction of sp³-hybridized carbons (Fsp3) is 0.333. The van der Waals surface area contributed by atoms with E-state index in [4.69, 9.17) is 9.47 Å². The van der Waals surface area contributed by atoms with E-state index in [2.05, 4.69) is 0 Å². The van der Waals surface area contributed by atoms with Gasteiger partial charge < -0.3 is 9.47 Å². The van der Waals surface area contributed by atoms with E-state index >= 15 is 0 Å². The van der Waals surface area contributed by atoms with Crippen molar-refractivity contribution in [2.45, 2.75) is 31.5 Å². The van der Waals surface area contributed by atoms with Crippen LogP contribution in [0.15, 0.2) is 54.6 Å². The Labute approximate surface area is 142 Å². The quantitative estimate of drug-likeness (QED) is 0.429. The third-order valence-corrected chi connectivity index (χ3v) is 3.30. The number of ether oxygens (including phenoxy) is 2. The number of rotatable bonds is 8. The molecule has 0 radical (unpaired) electrons. The first-order valence-corrected chi connectivity index (χ1v) is 7.68. The lowest BCUT2D eigenvalue weighted by Crippen LogP contribution is -2.21. The van der Waals surface area contributed by atoms with Gasteiger partial charge in [-0.25, -0.2) is 0 Å². The maximum atomic E-state index is 14.0. The minimum absolute atomic E-state index is 0.0198. The van der Waals surface area contributed by atoms with Crippen LogP contribution in [0.3, 0.4) is 0 Å². The smallest absolute Gasteiger partial charge is 0.426 e. The highest BCUT2D eigenvalue weighted by Crippen LogP contribution is 2.32. The van der Waals surface area contributed by atoms with E-state index in [1.807, 2.05) is 0 Å². The Morgan fingerprint density at radius 2 is 1.32 bits per heavy atom. The number of hydrogen-bond acceptors (Lipinski definition) is 2. The highest BCUT2D eigenvalue weighted by molar-refractivity contribution is 5.32. The van der Waals surface area contributed by atoms with Crippen LogP contribution in [0.2, 0.25) is 0 Å². The van der Waals surface area contributed by atoms with Gasteiger partial charge in [0.05, 0.1) is 12.2 Å². The van der Waals surface area contributed by atoms with Crippen molar-refractivity contribution in [1.29, 1.82) is 0 Å². The second-order valence-electron chi connectivity index (χ2n) is 5.38. The van der Waals surface area contributed by atoms with E-state index in [0.717, 1.165) is 0 Å². The lowest BCUT2D eigenvalue weighted by molar-refractivity contribution is -0.185. The summed E-state index contributed by atoms with van der Waals surface area (Å²) in [7, 11) is 0. The highest BCUT2D eigenvalue weighted by Gasteiger charge is 2.34. The third kappa shape index (κ3) is 6.60. The van der Waals surface area contributed by atoms with E-state index in [9.17, 15) is 22.0 Å². The molecule has 2 aromatic rings. The monoisotopic (exact) mass is 360 g/mol. The zero-order chi connectivity index (χ0) is 18.3. The summed E-state index contributed by atoms with van der Waals surface area (Å²) in [4.78, 5) is 0. The molecule has 0 heterocycles. The second-order valence-corrected chi connectivity index (χ2v) is 5.38. The van der Waals surface area contributed by atoms with Crippen LogP contribution in [-0.4, -0.2) is 12.8 Å². The largest absolute Gasteiger partial charge is 0.494 e. The second kappa shape index (κ2) is 8.18. The predicted molar refractivity (Wildman–Crippen MR) is 82.8 cm³/mol. The van der Waals surface area contributed by atoms with Crippen LogP contribution in [0.25, 0.3) is 0 Å². The number of halogens is 5. The average molecular weight is 360 g/mol. The van der Waals surface area contributed by atoms with Crippen molar-refractivity contribution in [2.75, 3.05) is 6.61 Å². The summed E-state index contributed by atoms with van der Waals surface area (Å²) < 4.78 is 73.9. The Morgan fingerprint density at radius 1 is 0.720 bits per heavy atom. The third-order valence-electron chi connectivity index (χ3n) is 3.30. The molecule has 2 rings (SSSR count). The van der Waals surface area contributed by atoms with Gasteiger partial charge in [0, 0.05) is 6.42 Å². The van der Waals surface area contributed by atoms with E-state index in [-0.39, 0.29) is 30.8 Å². The van der Waals surface area contributed by atoms with E-state index in [0.29, 0.717) is 5.75 Å². The number of alkyl halides is 5. The summed E-state index contributed by atoms with van der Waals surface area (Å²) in [5, 5.41) is 0. The van der Waals surface area contributed by atoms with E-state index in [1.165, 1.54) is 48.5 Å². The zero-order valence-corrected chi connectivity index (χ0v) is 13.2. The Hall–Kier alpha value is -2.31. The van der Waals surface area contributed by atoms with Crippen molar-refractivity contribution < 1.29 is 31.4 Å². The topological polar surface area (TPSA) is 18.5 Å². The molecule has 2 aromatic carbocycles. The molecule has 7 heteroatoms. The highest BCUT2D eigenvalue weighted by atomic mass is 19.4. The van der Waals surface area contributed by atoms with Gasteiger partial charge in [0.25, 0.3) is 0 Å². The van der Waals surface area contributed by atoms with Crippen LogP contribution in [0.5, 0.6) is 11.5 Å². The Balaban J connectivity index is 1.82. The first-order valence-electron chi connectivity index (χ1n) is 7.68. The molecule has 0 aliphatic rings. The van der Waals surface area contributed by atoms with Crippen LogP contribution >= 0.6 is 0 Å². The normalized spacial score (nSPS) is 12.0. The van der Waals surface area contributed by atoms with Crippen molar-refractivity contribution in [3.8, 4) is 11.5 Å². The lowest BCUT2D eigenvalue weighted by Gasteiger charge is -2.18. The summed E-state index contributed by atoms with van der Waals surface area (Å²) in [6, 6.07) is 12.6. The van der Waals surface area contributed by atoms with Gasteiger partial charge in [0.15, 0.2) is 0 Å². The van der Waals surface area contributed by atoms with Crippen LogP contribution in [0, 0.1) is 0 Å². The fourth-order valence-corrected chi connectivity index (χ4v) is 2.06. The molecule has 136 valence electrons. The van der Waals surface area contributed by atoms with Gasteiger partial charge in [0.2, 0.25) is 0 Å². The van der Waals surface area contributed by atoms with Crippen LogP contribution in [-0.2, 0) is 6.11 Å². The van der Waals surface area contributed by atoms with Crippen molar-refractivity contribution in [1.82, 2.24) is 0 Å². The molecule has 0 unspecified atom stereocenters. The Bertz CT molecular complexity index is 639. The van der Waals surface area contributed by atoms with E-state index < -0.39 is 18.7 Å². The summed E-state index contributed by atoms with van der Waals surface area (Å²) in [5.74, 6) is 0.334. The van der Waals surface area contributed by atoms with Crippen molar-refractivity contribution in [3.05, 3.63) is 60.2 Å². The molecule has 0 saturated heterocycles. The van der Waals surface area contributed by atoms with Gasteiger partial charge in [-0.15, -0.1) is 0 Å². The molecule has 0 atom stereocenters. The van der Waals surface area contributed by atoms with Gasteiger partial charge in [-0.2, -0.15) is 22.0 Å². The summed E-state index contributed by atoms with van der Waals surface area (Å²) >= 11 is 0. The molecule has 0 saturated carbocycles. The minimum atomic E-state index is -4.16. The lowest BCUT2D eigenvalue weighted by atomic mass is 10.2. The molecule has 0 aliphatic heterocycles. The maximum absolute atomic E-state index is 14.0. The van der Waals surface area contributed by atoms with Gasteiger partial charge in [-0.05, 0) is 49.2 Å². The molecule has 0 spiro atoms. The van der Waals surface area contributed by atoms with Gasteiger partial charge in [0.1, 0.15) is 11.5 Å². The number of benzene rings is 2. The molecule has 0 aromatic heterocycles. The molecular weight excluding hydrogens is 343 g/mol. The molecule has 0 fully saturated rings. The summed E-state index contributed by atoms with van der Waals surface area (Å²) in [5.41, 5.74) is -0.264. The van der Waals surface area contributed by atoms with Gasteiger partial charge >= 0.3 is 12.3 Å². The standard InChI is InChI=1S/C18H17F5O2/c19-17(20,21)12-4-5-13-24-15-8-10-16(11-9-15)25-18(22,23)14-6-2-1-3-7-14/h1-3,6-11H,4-5,12-13H2. The molecule has 0 bridgehead atoms. The maximum Gasteiger partial charge on any atom is 0.426 e. The van der Waals surface area contributed by atoms with Crippen molar-refractivity contribution >= 4 is 0 Å². The molecule has 25 heavy (non-hydrogen) atoms. The zero-order valence-electron chi connectivity index (χ0n) is 13.2. The van der Waals surface area contributed by atoms with E-state index in [1.54, 1.807) is 6.07 Å². The SMILES string of the molecule is FC(F)(F)CCCCOc1ccc(OC(F)(F)c2ccccc2)cc1. The van der Waals surface area contributed by atoms with Crippen molar-refractivity contribution in [2.24, 2.45) is 0 Å². The first-order chi connectivity index (χ1) is 11.8. The molecule has 0 amide bonds. The average Bonchev–Trinajstić information content (AvgIpc) is 2.55. The summed E-state index contributed by atoms with van der Waals surface area (Å²) in [6.45, 7) is 0.121.